The van der Waals surface area contributed by atoms with Gasteiger partial charge in [-0.15, -0.1) is 0 Å². The van der Waals surface area contributed by atoms with E-state index in [9.17, 15) is 4.79 Å². The van der Waals surface area contributed by atoms with Crippen LogP contribution in [0.2, 0.25) is 0 Å². The van der Waals surface area contributed by atoms with Crippen LogP contribution in [0.1, 0.15) is 41.3 Å². The van der Waals surface area contributed by atoms with E-state index in [1.54, 1.807) is 0 Å². The van der Waals surface area contributed by atoms with Gasteiger partial charge in [-0.05, 0) is 35.2 Å². The molecule has 25 heavy (non-hydrogen) atoms. The molecular weight excluding hydrogens is 312 g/mol. The van der Waals surface area contributed by atoms with Gasteiger partial charge in [-0.25, -0.2) is 0 Å². The topological polar surface area (TPSA) is 41.6 Å². The van der Waals surface area contributed by atoms with Crippen LogP contribution in [0.5, 0.6) is 0 Å². The third-order valence-corrected chi connectivity index (χ3v) is 4.53. The predicted molar refractivity (Wildman–Crippen MR) is 101 cm³/mol. The lowest BCUT2D eigenvalue weighted by molar-refractivity contribution is 0.0342. The molecule has 0 unspecified atom stereocenters. The first-order chi connectivity index (χ1) is 12.1. The standard InChI is InChI=1S/C21H26N2O2/c1-16(2)19-8-3-4-9-20(19)22-21(24)18-7-5-6-17(14-18)15-23-10-12-25-13-11-23/h3-9,14,16H,10-13,15H2,1-2H3,(H,22,24). The van der Waals surface area contributed by atoms with E-state index in [2.05, 4.69) is 36.2 Å². The molecule has 0 aliphatic carbocycles. The van der Waals surface area contributed by atoms with E-state index >= 15 is 0 Å². The van der Waals surface area contributed by atoms with Crippen molar-refractivity contribution in [2.24, 2.45) is 0 Å². The largest absolute Gasteiger partial charge is 0.379 e. The molecule has 1 aliphatic rings. The molecule has 4 nitrogen and oxygen atoms in total. The lowest BCUT2D eigenvalue weighted by Gasteiger charge is -2.26. The van der Waals surface area contributed by atoms with Gasteiger partial charge in [-0.3, -0.25) is 9.69 Å². The molecule has 1 saturated heterocycles. The van der Waals surface area contributed by atoms with Crippen LogP contribution in [0, 0.1) is 0 Å². The summed E-state index contributed by atoms with van der Waals surface area (Å²) in [6.45, 7) is 8.57. The Morgan fingerprint density at radius 3 is 2.64 bits per heavy atom. The first-order valence-electron chi connectivity index (χ1n) is 8.93. The van der Waals surface area contributed by atoms with Crippen molar-refractivity contribution in [2.75, 3.05) is 31.6 Å². The molecule has 1 N–H and O–H groups in total. The number of rotatable bonds is 5. The Hall–Kier alpha value is -2.17. The second-order valence-corrected chi connectivity index (χ2v) is 6.78. The van der Waals surface area contributed by atoms with Gasteiger partial charge in [0.2, 0.25) is 0 Å². The molecule has 0 spiro atoms. The summed E-state index contributed by atoms with van der Waals surface area (Å²) in [5.74, 6) is 0.307. The molecule has 1 amide bonds. The van der Waals surface area contributed by atoms with Crippen LogP contribution in [0.15, 0.2) is 48.5 Å². The van der Waals surface area contributed by atoms with Crippen LogP contribution >= 0.6 is 0 Å². The average molecular weight is 338 g/mol. The van der Waals surface area contributed by atoms with E-state index in [1.165, 1.54) is 0 Å². The summed E-state index contributed by atoms with van der Waals surface area (Å²) in [6.07, 6.45) is 0. The minimum Gasteiger partial charge on any atom is -0.379 e. The first kappa shape index (κ1) is 17.6. The number of amides is 1. The number of para-hydroxylation sites is 1. The van der Waals surface area contributed by atoms with Gasteiger partial charge in [-0.1, -0.05) is 44.2 Å². The molecule has 0 saturated carbocycles. The number of morpholine rings is 1. The molecule has 2 aromatic rings. The van der Waals surface area contributed by atoms with Crippen LogP contribution in [0.3, 0.4) is 0 Å². The zero-order valence-electron chi connectivity index (χ0n) is 15.0. The van der Waals surface area contributed by atoms with E-state index in [0.717, 1.165) is 49.7 Å². The Morgan fingerprint density at radius 2 is 1.88 bits per heavy atom. The third-order valence-electron chi connectivity index (χ3n) is 4.53. The minimum absolute atomic E-state index is 0.0584. The van der Waals surface area contributed by atoms with Crippen molar-refractivity contribution in [1.29, 1.82) is 0 Å². The van der Waals surface area contributed by atoms with Crippen molar-refractivity contribution in [3.05, 3.63) is 65.2 Å². The van der Waals surface area contributed by atoms with Gasteiger partial charge in [0.15, 0.2) is 0 Å². The van der Waals surface area contributed by atoms with Crippen LogP contribution in [0.4, 0.5) is 5.69 Å². The van der Waals surface area contributed by atoms with Crippen molar-refractivity contribution in [3.63, 3.8) is 0 Å². The van der Waals surface area contributed by atoms with Gasteiger partial charge in [0.05, 0.1) is 13.2 Å². The molecule has 0 aromatic heterocycles. The number of ether oxygens (including phenoxy) is 1. The fraction of sp³-hybridized carbons (Fsp3) is 0.381. The zero-order chi connectivity index (χ0) is 17.6. The van der Waals surface area contributed by atoms with E-state index in [1.807, 2.05) is 36.4 Å². The molecule has 1 fully saturated rings. The molecule has 0 radical (unpaired) electrons. The summed E-state index contributed by atoms with van der Waals surface area (Å²) in [4.78, 5) is 15.0. The summed E-state index contributed by atoms with van der Waals surface area (Å²) in [6, 6.07) is 15.9. The Kier molecular flexibility index (Phi) is 5.84. The predicted octanol–water partition coefficient (Wildman–Crippen LogP) is 3.89. The highest BCUT2D eigenvalue weighted by Crippen LogP contribution is 2.24. The van der Waals surface area contributed by atoms with Gasteiger partial charge >= 0.3 is 0 Å². The summed E-state index contributed by atoms with van der Waals surface area (Å²) < 4.78 is 5.39. The van der Waals surface area contributed by atoms with E-state index in [-0.39, 0.29) is 5.91 Å². The highest BCUT2D eigenvalue weighted by molar-refractivity contribution is 6.04. The summed E-state index contributed by atoms with van der Waals surface area (Å²) in [5.41, 5.74) is 3.90. The monoisotopic (exact) mass is 338 g/mol. The number of carbonyl (C=O) groups is 1. The van der Waals surface area contributed by atoms with Crippen molar-refractivity contribution < 1.29 is 9.53 Å². The highest BCUT2D eigenvalue weighted by atomic mass is 16.5. The quantitative estimate of drug-likeness (QED) is 0.899. The summed E-state index contributed by atoms with van der Waals surface area (Å²) in [5, 5.41) is 3.07. The number of benzene rings is 2. The molecule has 0 atom stereocenters. The lowest BCUT2D eigenvalue weighted by Crippen LogP contribution is -2.35. The Labute approximate surface area is 149 Å². The SMILES string of the molecule is CC(C)c1ccccc1NC(=O)c1cccc(CN2CCOCC2)c1. The Morgan fingerprint density at radius 1 is 1.12 bits per heavy atom. The average Bonchev–Trinajstić information content (AvgIpc) is 2.63. The van der Waals surface area contributed by atoms with Gasteiger partial charge in [0, 0.05) is 30.9 Å². The van der Waals surface area contributed by atoms with E-state index in [0.29, 0.717) is 11.5 Å². The first-order valence-corrected chi connectivity index (χ1v) is 8.93. The molecular formula is C21H26N2O2. The van der Waals surface area contributed by atoms with E-state index in [4.69, 9.17) is 4.74 Å². The number of nitrogens with one attached hydrogen (secondary N) is 1. The van der Waals surface area contributed by atoms with Gasteiger partial charge in [0.25, 0.3) is 5.91 Å². The Bertz CT molecular complexity index is 721. The molecule has 2 aromatic carbocycles. The normalized spacial score (nSPS) is 15.3. The maximum atomic E-state index is 12.7. The van der Waals surface area contributed by atoms with Crippen molar-refractivity contribution in [3.8, 4) is 0 Å². The highest BCUT2D eigenvalue weighted by Gasteiger charge is 2.13. The molecule has 0 bridgehead atoms. The molecule has 1 heterocycles. The number of anilines is 1. The van der Waals surface area contributed by atoms with Crippen molar-refractivity contribution in [1.82, 2.24) is 4.90 Å². The second kappa shape index (κ2) is 8.28. The van der Waals surface area contributed by atoms with Crippen molar-refractivity contribution >= 4 is 11.6 Å². The van der Waals surface area contributed by atoms with Gasteiger partial charge in [-0.2, -0.15) is 0 Å². The maximum absolute atomic E-state index is 12.7. The number of hydrogen-bond acceptors (Lipinski definition) is 3. The van der Waals surface area contributed by atoms with Crippen molar-refractivity contribution in [2.45, 2.75) is 26.3 Å². The minimum atomic E-state index is -0.0584. The third kappa shape index (κ3) is 4.68. The fourth-order valence-corrected chi connectivity index (χ4v) is 3.14. The molecule has 3 rings (SSSR count). The number of nitrogens with zero attached hydrogens (tertiary/aromatic N) is 1. The van der Waals surface area contributed by atoms with Crippen LogP contribution < -0.4 is 5.32 Å². The van der Waals surface area contributed by atoms with Gasteiger partial charge < -0.3 is 10.1 Å². The zero-order valence-corrected chi connectivity index (χ0v) is 15.0. The molecule has 132 valence electrons. The second-order valence-electron chi connectivity index (χ2n) is 6.78. The number of carbonyl (C=O) groups excluding carboxylic acids is 1. The smallest absolute Gasteiger partial charge is 0.255 e. The lowest BCUT2D eigenvalue weighted by atomic mass is 10.0. The maximum Gasteiger partial charge on any atom is 0.255 e. The molecule has 4 heteroatoms. The number of hydrogen-bond donors (Lipinski definition) is 1. The van der Waals surface area contributed by atoms with Crippen LogP contribution in [-0.2, 0) is 11.3 Å². The molecule has 1 aliphatic heterocycles. The van der Waals surface area contributed by atoms with Crippen LogP contribution in [-0.4, -0.2) is 37.1 Å². The summed E-state index contributed by atoms with van der Waals surface area (Å²) >= 11 is 0. The van der Waals surface area contributed by atoms with Gasteiger partial charge in [0.1, 0.15) is 0 Å². The van der Waals surface area contributed by atoms with Crippen LogP contribution in [0.25, 0.3) is 0 Å². The van der Waals surface area contributed by atoms with E-state index < -0.39 is 0 Å². The Balaban J connectivity index is 1.71. The summed E-state index contributed by atoms with van der Waals surface area (Å²) in [7, 11) is 0. The fourth-order valence-electron chi connectivity index (χ4n) is 3.14.